The maximum atomic E-state index is 5.38. The Labute approximate surface area is 144 Å². The molecule has 2 nitrogen and oxygen atoms in total. The molecule has 5 fully saturated rings. The van der Waals surface area contributed by atoms with Crippen molar-refractivity contribution in [2.24, 2.45) is 17.8 Å². The highest BCUT2D eigenvalue weighted by molar-refractivity contribution is 7.80. The van der Waals surface area contributed by atoms with Gasteiger partial charge in [-0.1, -0.05) is 12.1 Å². The number of hydrogen-bond donors (Lipinski definition) is 2. The average Bonchev–Trinajstić information content (AvgIpc) is 3.30. The molecule has 1 aromatic rings. The molecule has 122 valence electrons. The molecule has 5 saturated carbocycles. The molecule has 0 amide bonds. The molecule has 2 N–H and O–H groups in total. The largest absolute Gasteiger partial charge is 0.360 e. The quantitative estimate of drug-likeness (QED) is 0.794. The summed E-state index contributed by atoms with van der Waals surface area (Å²) >= 11 is 5.38. The minimum atomic E-state index is 0.500. The summed E-state index contributed by atoms with van der Waals surface area (Å²) in [5, 5.41) is 7.45. The predicted octanol–water partition coefficient (Wildman–Crippen LogP) is 4.60. The Morgan fingerprint density at radius 3 is 2.00 bits per heavy atom. The molecule has 0 heterocycles. The lowest BCUT2D eigenvalue weighted by Gasteiger charge is -2.57. The van der Waals surface area contributed by atoms with E-state index >= 15 is 0 Å². The van der Waals surface area contributed by atoms with E-state index < -0.39 is 0 Å². The molecule has 0 aromatic heterocycles. The van der Waals surface area contributed by atoms with Crippen molar-refractivity contribution in [3.8, 4) is 0 Å². The van der Waals surface area contributed by atoms with Crippen LogP contribution in [-0.4, -0.2) is 11.2 Å². The molecule has 6 rings (SSSR count). The maximum Gasteiger partial charge on any atom is 0.170 e. The van der Waals surface area contributed by atoms with Gasteiger partial charge < -0.3 is 10.6 Å². The van der Waals surface area contributed by atoms with Gasteiger partial charge in [-0.3, -0.25) is 0 Å². The molecule has 0 atom stereocenters. The second-order valence-electron chi connectivity index (χ2n) is 8.65. The third kappa shape index (κ3) is 2.67. The summed E-state index contributed by atoms with van der Waals surface area (Å²) in [6.07, 6.45) is 11.4. The molecule has 1 aromatic carbocycles. The first-order valence-corrected chi connectivity index (χ1v) is 9.77. The van der Waals surface area contributed by atoms with Gasteiger partial charge in [0.1, 0.15) is 0 Å². The number of benzene rings is 1. The molecule has 5 aliphatic rings. The Morgan fingerprint density at radius 2 is 1.48 bits per heavy atom. The molecule has 0 saturated heterocycles. The van der Waals surface area contributed by atoms with Crippen LogP contribution in [0.25, 0.3) is 0 Å². The molecule has 4 bridgehead atoms. The number of thiocarbonyl (C=S) groups is 1. The van der Waals surface area contributed by atoms with Crippen LogP contribution in [0.15, 0.2) is 24.3 Å². The van der Waals surface area contributed by atoms with Crippen LogP contribution in [0, 0.1) is 17.8 Å². The summed E-state index contributed by atoms with van der Waals surface area (Å²) in [7, 11) is 0. The smallest absolute Gasteiger partial charge is 0.170 e. The van der Waals surface area contributed by atoms with Crippen LogP contribution in [0.5, 0.6) is 0 Å². The lowest BCUT2D eigenvalue weighted by atomic mass is 9.48. The molecule has 0 spiro atoms. The lowest BCUT2D eigenvalue weighted by molar-refractivity contribution is -0.00518. The van der Waals surface area contributed by atoms with Gasteiger partial charge in [0, 0.05) is 11.7 Å². The van der Waals surface area contributed by atoms with Gasteiger partial charge in [0.2, 0.25) is 0 Å². The van der Waals surface area contributed by atoms with E-state index in [1.54, 1.807) is 5.56 Å². The molecule has 0 aliphatic heterocycles. The van der Waals surface area contributed by atoms with E-state index in [2.05, 4.69) is 34.9 Å². The van der Waals surface area contributed by atoms with Crippen LogP contribution in [0.2, 0.25) is 0 Å². The molecular weight excluding hydrogens is 300 g/mol. The van der Waals surface area contributed by atoms with Crippen molar-refractivity contribution >= 4 is 23.0 Å². The van der Waals surface area contributed by atoms with Crippen molar-refractivity contribution in [2.75, 3.05) is 5.32 Å². The van der Waals surface area contributed by atoms with E-state index in [1.165, 1.54) is 51.4 Å². The molecule has 0 unspecified atom stereocenters. The van der Waals surface area contributed by atoms with Crippen molar-refractivity contribution in [2.45, 2.75) is 62.8 Å². The van der Waals surface area contributed by atoms with Crippen molar-refractivity contribution in [3.05, 3.63) is 29.8 Å². The van der Waals surface area contributed by atoms with Gasteiger partial charge in [-0.2, -0.15) is 0 Å². The zero-order valence-electron chi connectivity index (χ0n) is 13.7. The predicted molar refractivity (Wildman–Crippen MR) is 98.7 cm³/mol. The minimum absolute atomic E-state index is 0.500. The van der Waals surface area contributed by atoms with Crippen LogP contribution in [0.3, 0.4) is 0 Å². The second kappa shape index (κ2) is 5.20. The van der Waals surface area contributed by atoms with E-state index in [0.29, 0.717) is 11.5 Å². The Hall–Kier alpha value is -1.09. The van der Waals surface area contributed by atoms with Gasteiger partial charge in [0.25, 0.3) is 0 Å². The van der Waals surface area contributed by atoms with Crippen LogP contribution in [0.1, 0.15) is 56.9 Å². The monoisotopic (exact) mass is 326 g/mol. The first kappa shape index (κ1) is 14.3. The number of nitrogens with one attached hydrogen (secondary N) is 2. The third-order valence-electron chi connectivity index (χ3n) is 6.71. The highest BCUT2D eigenvalue weighted by Gasteiger charge is 2.51. The van der Waals surface area contributed by atoms with Gasteiger partial charge in [-0.25, -0.2) is 0 Å². The Kier molecular flexibility index (Phi) is 3.23. The van der Waals surface area contributed by atoms with E-state index in [-0.39, 0.29) is 0 Å². The number of rotatable bonds is 3. The van der Waals surface area contributed by atoms with Gasteiger partial charge in [-0.15, -0.1) is 0 Å². The first-order chi connectivity index (χ1) is 11.2. The summed E-state index contributed by atoms with van der Waals surface area (Å²) in [6, 6.07) is 9.81. The molecule has 3 heteroatoms. The lowest BCUT2D eigenvalue weighted by Crippen LogP contribution is -2.48. The van der Waals surface area contributed by atoms with E-state index in [0.717, 1.165) is 28.6 Å². The summed E-state index contributed by atoms with van der Waals surface area (Å²) in [5.74, 6) is 3.03. The van der Waals surface area contributed by atoms with Gasteiger partial charge in [-0.05, 0) is 104 Å². The molecule has 23 heavy (non-hydrogen) atoms. The normalized spacial score (nSPS) is 37.7. The Balaban J connectivity index is 1.32. The van der Waals surface area contributed by atoms with Gasteiger partial charge in [0.05, 0.1) is 0 Å². The SMILES string of the molecule is S=C(Nc1ccc(C23CC4CC(CC(C4)C2)C3)cc1)NC1CC1. The van der Waals surface area contributed by atoms with Crippen molar-refractivity contribution < 1.29 is 0 Å². The summed E-state index contributed by atoms with van der Waals surface area (Å²) in [4.78, 5) is 0. The standard InChI is InChI=1S/C20H26N2S/c23-19(22-18-5-6-18)21-17-3-1-16(2-4-17)20-10-13-7-14(11-20)9-15(8-13)12-20/h1-4,13-15,18H,5-12H2,(H2,21,22,23). The topological polar surface area (TPSA) is 24.1 Å². The van der Waals surface area contributed by atoms with E-state index in [1.807, 2.05) is 0 Å². The summed E-state index contributed by atoms with van der Waals surface area (Å²) in [5.41, 5.74) is 3.21. The van der Waals surface area contributed by atoms with Crippen molar-refractivity contribution in [3.63, 3.8) is 0 Å². The fraction of sp³-hybridized carbons (Fsp3) is 0.650. The van der Waals surface area contributed by atoms with Crippen LogP contribution in [0.4, 0.5) is 5.69 Å². The Morgan fingerprint density at radius 1 is 0.913 bits per heavy atom. The van der Waals surface area contributed by atoms with Crippen LogP contribution in [-0.2, 0) is 5.41 Å². The van der Waals surface area contributed by atoms with E-state index in [4.69, 9.17) is 12.2 Å². The highest BCUT2D eigenvalue weighted by atomic mass is 32.1. The van der Waals surface area contributed by atoms with Crippen molar-refractivity contribution in [1.82, 2.24) is 5.32 Å². The van der Waals surface area contributed by atoms with Crippen molar-refractivity contribution in [1.29, 1.82) is 0 Å². The zero-order chi connectivity index (χ0) is 15.4. The van der Waals surface area contributed by atoms with Crippen LogP contribution < -0.4 is 10.6 Å². The average molecular weight is 327 g/mol. The van der Waals surface area contributed by atoms with E-state index in [9.17, 15) is 0 Å². The van der Waals surface area contributed by atoms with Crippen LogP contribution >= 0.6 is 12.2 Å². The minimum Gasteiger partial charge on any atom is -0.360 e. The number of hydrogen-bond acceptors (Lipinski definition) is 1. The number of anilines is 1. The van der Waals surface area contributed by atoms with Gasteiger partial charge in [0.15, 0.2) is 5.11 Å². The fourth-order valence-corrected chi connectivity index (χ4v) is 6.24. The van der Waals surface area contributed by atoms with Gasteiger partial charge >= 0.3 is 0 Å². The third-order valence-corrected chi connectivity index (χ3v) is 6.93. The zero-order valence-corrected chi connectivity index (χ0v) is 14.5. The summed E-state index contributed by atoms with van der Waals surface area (Å²) < 4.78 is 0. The molecule has 5 aliphatic carbocycles. The highest BCUT2D eigenvalue weighted by Crippen LogP contribution is 2.60. The first-order valence-electron chi connectivity index (χ1n) is 9.37. The molecular formula is C20H26N2S. The Bertz CT molecular complexity index is 582. The maximum absolute atomic E-state index is 5.38. The second-order valence-corrected chi connectivity index (χ2v) is 9.06. The summed E-state index contributed by atoms with van der Waals surface area (Å²) in [6.45, 7) is 0. The molecule has 0 radical (unpaired) electrons. The fourth-order valence-electron chi connectivity index (χ4n) is 5.95.